The minimum atomic E-state index is -0.0981. The molecule has 6 heteroatoms. The molecule has 2 rings (SSSR count). The predicted octanol–water partition coefficient (Wildman–Crippen LogP) is 1.91. The van der Waals surface area contributed by atoms with Gasteiger partial charge in [-0.15, -0.1) is 0 Å². The van der Waals surface area contributed by atoms with Crippen molar-refractivity contribution in [1.29, 1.82) is 0 Å². The molecular formula is C15H18N4O2. The molecule has 0 radical (unpaired) electrons. The van der Waals surface area contributed by atoms with Gasteiger partial charge < -0.3 is 9.69 Å². The van der Waals surface area contributed by atoms with Gasteiger partial charge in [-0.1, -0.05) is 0 Å². The van der Waals surface area contributed by atoms with Crippen molar-refractivity contribution in [3.8, 4) is 5.69 Å². The van der Waals surface area contributed by atoms with E-state index in [4.69, 9.17) is 0 Å². The summed E-state index contributed by atoms with van der Waals surface area (Å²) in [6.45, 7) is 3.33. The smallest absolute Gasteiger partial charge is 0.227 e. The second-order valence-corrected chi connectivity index (χ2v) is 4.91. The van der Waals surface area contributed by atoms with E-state index in [1.165, 1.54) is 11.8 Å². The van der Waals surface area contributed by atoms with E-state index in [1.807, 2.05) is 19.1 Å². The van der Waals surface area contributed by atoms with Crippen molar-refractivity contribution in [3.05, 3.63) is 36.4 Å². The van der Waals surface area contributed by atoms with Gasteiger partial charge in [-0.05, 0) is 26.0 Å². The Labute approximate surface area is 123 Å². The van der Waals surface area contributed by atoms with E-state index in [9.17, 15) is 9.59 Å². The van der Waals surface area contributed by atoms with Gasteiger partial charge in [0.05, 0.1) is 29.5 Å². The van der Waals surface area contributed by atoms with Crippen molar-refractivity contribution < 1.29 is 9.59 Å². The Morgan fingerprint density at radius 2 is 2.10 bits per heavy atom. The number of hydrogen-bond donors (Lipinski definition) is 0. The maximum absolute atomic E-state index is 12.1. The van der Waals surface area contributed by atoms with Crippen LogP contribution in [0.5, 0.6) is 0 Å². The Morgan fingerprint density at radius 1 is 1.33 bits per heavy atom. The molecule has 1 amide bonds. The number of nitrogens with zero attached hydrogens (tertiary/aromatic N) is 4. The molecule has 110 valence electrons. The molecule has 0 aliphatic carbocycles. The fraction of sp³-hybridized carbons (Fsp3) is 0.333. The van der Waals surface area contributed by atoms with Crippen LogP contribution >= 0.6 is 0 Å². The lowest BCUT2D eigenvalue weighted by Crippen LogP contribution is -2.26. The van der Waals surface area contributed by atoms with E-state index < -0.39 is 0 Å². The average molecular weight is 286 g/mol. The van der Waals surface area contributed by atoms with E-state index >= 15 is 0 Å². The summed E-state index contributed by atoms with van der Waals surface area (Å²) in [5, 5.41) is 4.40. The van der Waals surface area contributed by atoms with Gasteiger partial charge in [-0.3, -0.25) is 9.78 Å². The first-order valence-corrected chi connectivity index (χ1v) is 6.71. The first-order valence-electron chi connectivity index (χ1n) is 6.71. The highest BCUT2D eigenvalue weighted by Crippen LogP contribution is 2.20. The molecule has 0 spiro atoms. The fourth-order valence-corrected chi connectivity index (χ4v) is 1.99. The lowest BCUT2D eigenvalue weighted by Gasteiger charge is -2.15. The summed E-state index contributed by atoms with van der Waals surface area (Å²) in [5.74, 6) is -0.0847. The molecule has 6 nitrogen and oxygen atoms in total. The molecule has 21 heavy (non-hydrogen) atoms. The van der Waals surface area contributed by atoms with Crippen LogP contribution in [0.15, 0.2) is 30.7 Å². The molecule has 2 aromatic heterocycles. The molecular weight excluding hydrogens is 268 g/mol. The van der Waals surface area contributed by atoms with Gasteiger partial charge in [0, 0.05) is 26.1 Å². The standard InChI is InChI=1S/C15H18N4O2/c1-11(20)6-7-15(21)18(3)14-10-19(17-12(14)2)13-5-4-8-16-9-13/h4-5,8-10H,6-7H2,1-3H3. The third kappa shape index (κ3) is 3.53. The normalized spacial score (nSPS) is 10.4. The Bertz CT molecular complexity index is 649. The van der Waals surface area contributed by atoms with Gasteiger partial charge in [0.25, 0.3) is 0 Å². The Morgan fingerprint density at radius 3 is 2.71 bits per heavy atom. The van der Waals surface area contributed by atoms with Crippen LogP contribution < -0.4 is 4.90 Å². The lowest BCUT2D eigenvalue weighted by molar-refractivity contribution is -0.122. The Hall–Kier alpha value is -2.50. The van der Waals surface area contributed by atoms with Crippen LogP contribution in [0.1, 0.15) is 25.5 Å². The fourth-order valence-electron chi connectivity index (χ4n) is 1.99. The summed E-state index contributed by atoms with van der Waals surface area (Å²) in [4.78, 5) is 28.6. The topological polar surface area (TPSA) is 68.1 Å². The molecule has 2 heterocycles. The first-order chi connectivity index (χ1) is 9.99. The minimum Gasteiger partial charge on any atom is -0.312 e. The summed E-state index contributed by atoms with van der Waals surface area (Å²) >= 11 is 0. The van der Waals surface area contributed by atoms with Crippen molar-refractivity contribution in [2.24, 2.45) is 0 Å². The average Bonchev–Trinajstić information content (AvgIpc) is 2.86. The zero-order valence-corrected chi connectivity index (χ0v) is 12.4. The predicted molar refractivity (Wildman–Crippen MR) is 79.4 cm³/mol. The van der Waals surface area contributed by atoms with Gasteiger partial charge >= 0.3 is 0 Å². The lowest BCUT2D eigenvalue weighted by atomic mass is 10.2. The third-order valence-electron chi connectivity index (χ3n) is 3.21. The van der Waals surface area contributed by atoms with Crippen molar-refractivity contribution in [3.63, 3.8) is 0 Å². The molecule has 0 bridgehead atoms. The molecule has 0 saturated carbocycles. The molecule has 0 atom stereocenters. The largest absolute Gasteiger partial charge is 0.312 e. The number of hydrogen-bond acceptors (Lipinski definition) is 4. The van der Waals surface area contributed by atoms with E-state index in [1.54, 1.807) is 30.3 Å². The van der Waals surface area contributed by atoms with Crippen LogP contribution in [-0.2, 0) is 9.59 Å². The second kappa shape index (κ2) is 6.30. The molecule has 0 saturated heterocycles. The second-order valence-electron chi connectivity index (χ2n) is 4.91. The third-order valence-corrected chi connectivity index (χ3v) is 3.21. The summed E-state index contributed by atoms with van der Waals surface area (Å²) in [6.07, 6.45) is 5.66. The molecule has 0 unspecified atom stereocenters. The molecule has 0 aliphatic heterocycles. The van der Waals surface area contributed by atoms with Gasteiger partial charge in [0.1, 0.15) is 5.78 Å². The monoisotopic (exact) mass is 286 g/mol. The number of carbonyl (C=O) groups is 2. The molecule has 0 aromatic carbocycles. The SMILES string of the molecule is CC(=O)CCC(=O)N(C)c1cn(-c2cccnc2)nc1C. The van der Waals surface area contributed by atoms with Gasteiger partial charge in [0.2, 0.25) is 5.91 Å². The maximum atomic E-state index is 12.1. The zero-order valence-electron chi connectivity index (χ0n) is 12.4. The number of rotatable bonds is 5. The highest BCUT2D eigenvalue weighted by atomic mass is 16.2. The van der Waals surface area contributed by atoms with Gasteiger partial charge in [-0.25, -0.2) is 4.68 Å². The number of anilines is 1. The first kappa shape index (κ1) is 14.9. The van der Waals surface area contributed by atoms with Crippen LogP contribution in [0.4, 0.5) is 5.69 Å². The highest BCUT2D eigenvalue weighted by Gasteiger charge is 2.16. The van der Waals surface area contributed by atoms with Crippen LogP contribution in [0.2, 0.25) is 0 Å². The van der Waals surface area contributed by atoms with Crippen LogP contribution in [0.3, 0.4) is 0 Å². The van der Waals surface area contributed by atoms with Crippen molar-refractivity contribution in [2.75, 3.05) is 11.9 Å². The van der Waals surface area contributed by atoms with E-state index in [2.05, 4.69) is 10.1 Å². The number of pyridine rings is 1. The Balaban J connectivity index is 2.19. The van der Waals surface area contributed by atoms with Crippen molar-refractivity contribution >= 4 is 17.4 Å². The van der Waals surface area contributed by atoms with Gasteiger partial charge in [0.15, 0.2) is 0 Å². The Kier molecular flexibility index (Phi) is 4.47. The zero-order chi connectivity index (χ0) is 15.4. The maximum Gasteiger partial charge on any atom is 0.227 e. The highest BCUT2D eigenvalue weighted by molar-refractivity contribution is 5.95. The number of aryl methyl sites for hydroxylation is 1. The van der Waals surface area contributed by atoms with Crippen LogP contribution in [0.25, 0.3) is 5.69 Å². The molecule has 2 aromatic rings. The quantitative estimate of drug-likeness (QED) is 0.842. The summed E-state index contributed by atoms with van der Waals surface area (Å²) in [6, 6.07) is 3.72. The number of amides is 1. The van der Waals surface area contributed by atoms with Crippen LogP contribution in [0, 0.1) is 6.92 Å². The summed E-state index contributed by atoms with van der Waals surface area (Å²) in [7, 11) is 1.69. The van der Waals surface area contributed by atoms with E-state index in [0.717, 1.165) is 17.1 Å². The van der Waals surface area contributed by atoms with E-state index in [-0.39, 0.29) is 24.5 Å². The van der Waals surface area contributed by atoms with Crippen molar-refractivity contribution in [2.45, 2.75) is 26.7 Å². The summed E-state index contributed by atoms with van der Waals surface area (Å²) in [5.41, 5.74) is 2.31. The molecule has 0 aliphatic rings. The number of aromatic nitrogens is 3. The molecule has 0 fully saturated rings. The summed E-state index contributed by atoms with van der Waals surface area (Å²) < 4.78 is 1.69. The number of Topliss-reactive ketones (excluding diaryl/α,β-unsaturated/α-hetero) is 1. The van der Waals surface area contributed by atoms with Crippen LogP contribution in [-0.4, -0.2) is 33.5 Å². The van der Waals surface area contributed by atoms with Crippen molar-refractivity contribution in [1.82, 2.24) is 14.8 Å². The molecule has 0 N–H and O–H groups in total. The van der Waals surface area contributed by atoms with E-state index in [0.29, 0.717) is 0 Å². The number of ketones is 1. The van der Waals surface area contributed by atoms with Gasteiger partial charge in [-0.2, -0.15) is 5.10 Å². The minimum absolute atomic E-state index is 0.0135. The number of carbonyl (C=O) groups excluding carboxylic acids is 2.